The van der Waals surface area contributed by atoms with E-state index < -0.39 is 42.1 Å². The van der Waals surface area contributed by atoms with Gasteiger partial charge in [0.15, 0.2) is 0 Å². The minimum absolute atomic E-state index is 0.182. The van der Waals surface area contributed by atoms with E-state index in [1.807, 2.05) is 12.2 Å². The van der Waals surface area contributed by atoms with Gasteiger partial charge in [-0.25, -0.2) is 28.1 Å². The number of aromatic nitrogens is 3. The van der Waals surface area contributed by atoms with Gasteiger partial charge in [-0.05, 0) is 50.4 Å². The monoisotopic (exact) mass is 473 g/mol. The summed E-state index contributed by atoms with van der Waals surface area (Å²) in [5.74, 6) is -1.16. The van der Waals surface area contributed by atoms with E-state index in [0.29, 0.717) is 9.13 Å². The Hall–Kier alpha value is -3.43. The zero-order valence-electron chi connectivity index (χ0n) is 19.2. The Labute approximate surface area is 196 Å². The van der Waals surface area contributed by atoms with Crippen LogP contribution in [0, 0.1) is 11.8 Å². The standard InChI is InChI=1S/C24H31N3O7/c1-2-13-25-22(30)26(14-20(28)33-16-18-9-5-3-6-10-18)24(32)27(23(25)31)15-21(29)34-17-19-11-7-4-8-12-19/h2-5,7,18-19H,1,6,8-17H2. The highest BCUT2D eigenvalue weighted by atomic mass is 16.5. The van der Waals surface area contributed by atoms with Crippen LogP contribution in [0.25, 0.3) is 0 Å². The van der Waals surface area contributed by atoms with E-state index in [1.165, 1.54) is 6.08 Å². The van der Waals surface area contributed by atoms with Crippen LogP contribution in [0.2, 0.25) is 0 Å². The molecule has 1 aromatic heterocycles. The van der Waals surface area contributed by atoms with Crippen LogP contribution in [0.1, 0.15) is 38.5 Å². The Bertz CT molecular complexity index is 1060. The van der Waals surface area contributed by atoms with Crippen LogP contribution in [-0.4, -0.2) is 38.9 Å². The molecule has 2 unspecified atom stereocenters. The molecule has 10 nitrogen and oxygen atoms in total. The first kappa shape index (κ1) is 25.2. The SMILES string of the molecule is C=CCn1c(=O)n(CC(=O)OCC2CC=CCC2)c(=O)n(CC(=O)OCC2CC=CCC2)c1=O. The third kappa shape index (κ3) is 6.55. The molecule has 34 heavy (non-hydrogen) atoms. The molecule has 0 amide bonds. The zero-order chi connectivity index (χ0) is 24.5. The molecule has 2 aliphatic rings. The fourth-order valence-electron chi connectivity index (χ4n) is 4.02. The molecular formula is C24H31N3O7. The van der Waals surface area contributed by atoms with Crippen molar-refractivity contribution in [3.8, 4) is 0 Å². The summed E-state index contributed by atoms with van der Waals surface area (Å²) in [6.45, 7) is 2.36. The molecule has 0 bridgehead atoms. The van der Waals surface area contributed by atoms with Crippen molar-refractivity contribution in [1.82, 2.24) is 13.7 Å². The molecule has 0 aliphatic heterocycles. The van der Waals surface area contributed by atoms with Gasteiger partial charge >= 0.3 is 29.0 Å². The van der Waals surface area contributed by atoms with Gasteiger partial charge in [0.2, 0.25) is 0 Å². The fourth-order valence-corrected chi connectivity index (χ4v) is 4.02. The van der Waals surface area contributed by atoms with Gasteiger partial charge in [0.25, 0.3) is 0 Å². The Morgan fingerprint density at radius 1 is 0.794 bits per heavy atom. The van der Waals surface area contributed by atoms with Crippen LogP contribution in [0.4, 0.5) is 0 Å². The average molecular weight is 474 g/mol. The molecule has 0 aromatic carbocycles. The average Bonchev–Trinajstić information content (AvgIpc) is 2.86. The lowest BCUT2D eigenvalue weighted by Gasteiger charge is -2.18. The number of nitrogens with zero attached hydrogens (tertiary/aromatic N) is 3. The Balaban J connectivity index is 1.75. The minimum atomic E-state index is -1.06. The highest BCUT2D eigenvalue weighted by Crippen LogP contribution is 2.19. The number of hydrogen-bond acceptors (Lipinski definition) is 7. The van der Waals surface area contributed by atoms with E-state index in [1.54, 1.807) is 0 Å². The normalized spacial score (nSPS) is 19.5. The third-order valence-electron chi connectivity index (χ3n) is 5.99. The number of allylic oxidation sites excluding steroid dienone is 5. The quantitative estimate of drug-likeness (QED) is 0.369. The molecule has 3 rings (SSSR count). The maximum absolute atomic E-state index is 12.9. The summed E-state index contributed by atoms with van der Waals surface area (Å²) in [6, 6.07) is 0. The smallest absolute Gasteiger partial charge is 0.337 e. The van der Waals surface area contributed by atoms with Gasteiger partial charge in [-0.2, -0.15) is 0 Å². The van der Waals surface area contributed by atoms with Gasteiger partial charge in [-0.15, -0.1) is 6.58 Å². The third-order valence-corrected chi connectivity index (χ3v) is 5.99. The van der Waals surface area contributed by atoms with Crippen molar-refractivity contribution in [2.45, 2.75) is 58.2 Å². The second kappa shape index (κ2) is 12.2. The summed E-state index contributed by atoms with van der Waals surface area (Å²) < 4.78 is 12.5. The van der Waals surface area contributed by atoms with Crippen LogP contribution in [0.5, 0.6) is 0 Å². The number of carbonyl (C=O) groups excluding carboxylic acids is 2. The molecule has 2 aliphatic carbocycles. The van der Waals surface area contributed by atoms with Crippen molar-refractivity contribution in [3.05, 3.63) is 68.4 Å². The van der Waals surface area contributed by atoms with Gasteiger partial charge in [0.05, 0.1) is 19.8 Å². The minimum Gasteiger partial charge on any atom is -0.464 e. The summed E-state index contributed by atoms with van der Waals surface area (Å²) in [7, 11) is 0. The molecule has 10 heteroatoms. The number of ether oxygens (including phenoxy) is 2. The molecule has 0 spiro atoms. The van der Waals surface area contributed by atoms with Gasteiger partial charge < -0.3 is 9.47 Å². The highest BCUT2D eigenvalue weighted by Gasteiger charge is 2.21. The predicted octanol–water partition coefficient (Wildman–Crippen LogP) is 1.16. The largest absolute Gasteiger partial charge is 0.464 e. The Kier molecular flexibility index (Phi) is 9.00. The molecular weight excluding hydrogens is 442 g/mol. The lowest BCUT2D eigenvalue weighted by molar-refractivity contribution is -0.146. The van der Waals surface area contributed by atoms with Gasteiger partial charge in [0.1, 0.15) is 13.1 Å². The van der Waals surface area contributed by atoms with Crippen LogP contribution >= 0.6 is 0 Å². The fraction of sp³-hybridized carbons (Fsp3) is 0.542. The molecule has 1 heterocycles. The predicted molar refractivity (Wildman–Crippen MR) is 124 cm³/mol. The summed E-state index contributed by atoms with van der Waals surface area (Å²) in [6.07, 6.45) is 14.7. The van der Waals surface area contributed by atoms with E-state index in [-0.39, 0.29) is 31.6 Å². The van der Waals surface area contributed by atoms with Crippen molar-refractivity contribution < 1.29 is 19.1 Å². The number of carbonyl (C=O) groups is 2. The van der Waals surface area contributed by atoms with Crippen molar-refractivity contribution in [3.63, 3.8) is 0 Å². The molecule has 2 atom stereocenters. The molecule has 0 N–H and O–H groups in total. The van der Waals surface area contributed by atoms with E-state index >= 15 is 0 Å². The first-order valence-corrected chi connectivity index (χ1v) is 11.6. The Morgan fingerprint density at radius 2 is 1.24 bits per heavy atom. The number of hydrogen-bond donors (Lipinski definition) is 0. The summed E-state index contributed by atoms with van der Waals surface area (Å²) in [5.41, 5.74) is -3.00. The first-order chi connectivity index (χ1) is 16.4. The van der Waals surface area contributed by atoms with E-state index in [0.717, 1.165) is 43.1 Å². The Morgan fingerprint density at radius 3 is 1.62 bits per heavy atom. The summed E-state index contributed by atoms with van der Waals surface area (Å²) in [4.78, 5) is 63.1. The molecule has 0 saturated carbocycles. The van der Waals surface area contributed by atoms with Gasteiger partial charge in [-0.1, -0.05) is 30.4 Å². The van der Waals surface area contributed by atoms with Crippen molar-refractivity contribution in [2.75, 3.05) is 13.2 Å². The molecule has 184 valence electrons. The van der Waals surface area contributed by atoms with Crippen LogP contribution in [0.15, 0.2) is 51.3 Å². The number of rotatable bonds is 10. The van der Waals surface area contributed by atoms with E-state index in [2.05, 4.69) is 18.7 Å². The summed E-state index contributed by atoms with van der Waals surface area (Å²) >= 11 is 0. The maximum atomic E-state index is 12.9. The maximum Gasteiger partial charge on any atom is 0.337 e. The van der Waals surface area contributed by atoms with Crippen LogP contribution < -0.4 is 17.1 Å². The van der Waals surface area contributed by atoms with E-state index in [9.17, 15) is 24.0 Å². The first-order valence-electron chi connectivity index (χ1n) is 11.6. The molecule has 0 saturated heterocycles. The molecule has 0 fully saturated rings. The van der Waals surface area contributed by atoms with Crippen LogP contribution in [0.3, 0.4) is 0 Å². The molecule has 0 radical (unpaired) electrons. The van der Waals surface area contributed by atoms with Gasteiger partial charge in [0, 0.05) is 0 Å². The van der Waals surface area contributed by atoms with Crippen LogP contribution in [-0.2, 0) is 38.7 Å². The van der Waals surface area contributed by atoms with Crippen molar-refractivity contribution in [2.24, 2.45) is 11.8 Å². The van der Waals surface area contributed by atoms with Crippen molar-refractivity contribution in [1.29, 1.82) is 0 Å². The zero-order valence-corrected chi connectivity index (χ0v) is 19.2. The van der Waals surface area contributed by atoms with E-state index in [4.69, 9.17) is 9.47 Å². The van der Waals surface area contributed by atoms with Crippen molar-refractivity contribution >= 4 is 11.9 Å². The lowest BCUT2D eigenvalue weighted by atomic mass is 9.95. The molecule has 1 aromatic rings. The summed E-state index contributed by atoms with van der Waals surface area (Å²) in [5, 5.41) is 0. The second-order valence-corrected chi connectivity index (χ2v) is 8.59. The lowest BCUT2D eigenvalue weighted by Crippen LogP contribution is -2.55. The second-order valence-electron chi connectivity index (χ2n) is 8.59. The highest BCUT2D eigenvalue weighted by molar-refractivity contribution is 5.69. The topological polar surface area (TPSA) is 119 Å². The number of esters is 2. The van der Waals surface area contributed by atoms with Gasteiger partial charge in [-0.3, -0.25) is 9.59 Å².